The molecule has 5 heteroatoms. The van der Waals surface area contributed by atoms with Crippen molar-refractivity contribution in [3.63, 3.8) is 0 Å². The fraction of sp³-hybridized carbons (Fsp3) is 0.857. The summed E-state index contributed by atoms with van der Waals surface area (Å²) in [6.07, 6.45) is 3.38. The summed E-state index contributed by atoms with van der Waals surface area (Å²) >= 11 is 0. The average Bonchev–Trinajstić information content (AvgIpc) is 2.36. The van der Waals surface area contributed by atoms with Gasteiger partial charge in [0.25, 0.3) is 0 Å². The van der Waals surface area contributed by atoms with E-state index in [2.05, 4.69) is 5.32 Å². The lowest BCUT2D eigenvalue weighted by atomic mass is 9.85. The molecule has 0 aromatic heterocycles. The monoisotopic (exact) mass is 271 g/mol. The maximum atomic E-state index is 11.7. The minimum atomic E-state index is -0.826. The molecule has 3 unspecified atom stereocenters. The molecule has 0 bridgehead atoms. The highest BCUT2D eigenvalue weighted by Gasteiger charge is 2.31. The number of esters is 1. The van der Waals surface area contributed by atoms with Crippen LogP contribution in [0.2, 0.25) is 0 Å². The predicted octanol–water partition coefficient (Wildman–Crippen LogP) is 1.81. The number of carboxylic acids is 1. The molecule has 1 rings (SSSR count). The molecule has 1 aliphatic rings. The van der Waals surface area contributed by atoms with Gasteiger partial charge in [0.1, 0.15) is 6.04 Å². The molecule has 0 heterocycles. The van der Waals surface area contributed by atoms with Crippen molar-refractivity contribution in [3.8, 4) is 0 Å². The predicted molar refractivity (Wildman–Crippen MR) is 71.8 cm³/mol. The first-order valence-corrected chi connectivity index (χ1v) is 7.11. The van der Waals surface area contributed by atoms with Crippen molar-refractivity contribution in [1.29, 1.82) is 0 Å². The second-order valence-electron chi connectivity index (χ2n) is 5.54. The highest BCUT2D eigenvalue weighted by molar-refractivity contribution is 5.74. The molecular weight excluding hydrogens is 246 g/mol. The molecule has 0 aromatic rings. The van der Waals surface area contributed by atoms with Crippen molar-refractivity contribution in [3.05, 3.63) is 0 Å². The van der Waals surface area contributed by atoms with E-state index in [-0.39, 0.29) is 23.8 Å². The van der Waals surface area contributed by atoms with Crippen LogP contribution in [0.3, 0.4) is 0 Å². The van der Waals surface area contributed by atoms with E-state index in [0.29, 0.717) is 13.0 Å². The molecule has 110 valence electrons. The van der Waals surface area contributed by atoms with Gasteiger partial charge in [-0.1, -0.05) is 20.3 Å². The summed E-state index contributed by atoms with van der Waals surface area (Å²) in [5.41, 5.74) is 0. The van der Waals surface area contributed by atoms with E-state index in [1.54, 1.807) is 6.92 Å². The van der Waals surface area contributed by atoms with E-state index in [4.69, 9.17) is 4.74 Å². The third-order valence-corrected chi connectivity index (χ3v) is 3.64. The average molecular weight is 271 g/mol. The first-order valence-electron chi connectivity index (χ1n) is 7.11. The third-order valence-electron chi connectivity index (χ3n) is 3.64. The van der Waals surface area contributed by atoms with Gasteiger partial charge in [0, 0.05) is 6.04 Å². The van der Waals surface area contributed by atoms with Crippen molar-refractivity contribution < 1.29 is 19.4 Å². The number of aliphatic carboxylic acids is 1. The van der Waals surface area contributed by atoms with Crippen LogP contribution < -0.4 is 5.32 Å². The molecule has 0 spiro atoms. The van der Waals surface area contributed by atoms with Gasteiger partial charge in [-0.15, -0.1) is 0 Å². The van der Waals surface area contributed by atoms with Crippen molar-refractivity contribution in [2.24, 2.45) is 11.8 Å². The van der Waals surface area contributed by atoms with Crippen molar-refractivity contribution in [1.82, 2.24) is 5.32 Å². The number of ether oxygens (including phenoxy) is 1. The Bertz CT molecular complexity index is 317. The summed E-state index contributed by atoms with van der Waals surface area (Å²) in [4.78, 5) is 22.9. The molecule has 0 aromatic carbocycles. The van der Waals surface area contributed by atoms with Gasteiger partial charge in [-0.25, -0.2) is 0 Å². The number of hydrogen-bond donors (Lipinski definition) is 2. The number of carbonyl (C=O) groups is 2. The van der Waals surface area contributed by atoms with Crippen LogP contribution in [-0.4, -0.2) is 35.7 Å². The maximum absolute atomic E-state index is 11.7. The van der Waals surface area contributed by atoms with Crippen LogP contribution in [-0.2, 0) is 14.3 Å². The smallest absolute Gasteiger partial charge is 0.320 e. The van der Waals surface area contributed by atoms with Crippen LogP contribution in [0.4, 0.5) is 0 Å². The van der Waals surface area contributed by atoms with E-state index in [1.807, 2.05) is 13.8 Å². The Morgan fingerprint density at radius 3 is 2.58 bits per heavy atom. The summed E-state index contributed by atoms with van der Waals surface area (Å²) in [5.74, 6) is -1.04. The molecule has 3 atom stereocenters. The highest BCUT2D eigenvalue weighted by atomic mass is 16.5. The first-order chi connectivity index (χ1) is 8.95. The topological polar surface area (TPSA) is 75.6 Å². The van der Waals surface area contributed by atoms with Crippen LogP contribution in [0, 0.1) is 11.8 Å². The van der Waals surface area contributed by atoms with E-state index in [1.165, 1.54) is 0 Å². The van der Waals surface area contributed by atoms with E-state index in [9.17, 15) is 14.7 Å². The number of carboxylic acid groups (broad SMARTS) is 1. The van der Waals surface area contributed by atoms with Gasteiger partial charge in [-0.2, -0.15) is 0 Å². The fourth-order valence-electron chi connectivity index (χ4n) is 2.62. The van der Waals surface area contributed by atoms with Gasteiger partial charge in [-0.05, 0) is 32.1 Å². The van der Waals surface area contributed by atoms with Gasteiger partial charge < -0.3 is 15.2 Å². The lowest BCUT2D eigenvalue weighted by Gasteiger charge is -2.31. The van der Waals surface area contributed by atoms with E-state index < -0.39 is 12.0 Å². The number of carbonyl (C=O) groups excluding carboxylic acids is 1. The molecule has 19 heavy (non-hydrogen) atoms. The molecule has 2 N–H and O–H groups in total. The van der Waals surface area contributed by atoms with Gasteiger partial charge >= 0.3 is 11.9 Å². The van der Waals surface area contributed by atoms with Crippen LogP contribution in [0.25, 0.3) is 0 Å². The van der Waals surface area contributed by atoms with E-state index in [0.717, 1.165) is 19.3 Å². The Kier molecular flexibility index (Phi) is 6.28. The van der Waals surface area contributed by atoms with Crippen LogP contribution in [0.1, 0.15) is 46.5 Å². The summed E-state index contributed by atoms with van der Waals surface area (Å²) < 4.78 is 5.05. The second kappa shape index (κ2) is 7.48. The van der Waals surface area contributed by atoms with E-state index >= 15 is 0 Å². The van der Waals surface area contributed by atoms with Crippen molar-refractivity contribution in [2.75, 3.05) is 6.61 Å². The molecule has 1 fully saturated rings. The van der Waals surface area contributed by atoms with Crippen LogP contribution >= 0.6 is 0 Å². The lowest BCUT2D eigenvalue weighted by Crippen LogP contribution is -2.48. The van der Waals surface area contributed by atoms with Gasteiger partial charge in [0.15, 0.2) is 0 Å². The summed E-state index contributed by atoms with van der Waals surface area (Å²) in [5, 5.41) is 12.4. The summed E-state index contributed by atoms with van der Waals surface area (Å²) in [7, 11) is 0. The SMILES string of the molecule is CCOC(=O)C1CCCC(NC(C(=O)O)C(C)C)C1. The quantitative estimate of drug-likeness (QED) is 0.721. The molecule has 5 nitrogen and oxygen atoms in total. The molecule has 0 radical (unpaired) electrons. The Morgan fingerprint density at radius 2 is 2.05 bits per heavy atom. The van der Waals surface area contributed by atoms with Crippen molar-refractivity contribution in [2.45, 2.75) is 58.5 Å². The van der Waals surface area contributed by atoms with Gasteiger partial charge in [0.05, 0.1) is 12.5 Å². The lowest BCUT2D eigenvalue weighted by molar-refractivity contribution is -0.149. The minimum absolute atomic E-state index is 0.0282. The number of nitrogens with one attached hydrogen (secondary N) is 1. The minimum Gasteiger partial charge on any atom is -0.480 e. The zero-order valence-corrected chi connectivity index (χ0v) is 12.0. The number of hydrogen-bond acceptors (Lipinski definition) is 4. The number of rotatable bonds is 6. The zero-order chi connectivity index (χ0) is 14.4. The maximum Gasteiger partial charge on any atom is 0.320 e. The molecule has 0 aliphatic heterocycles. The molecule has 0 saturated heterocycles. The second-order valence-corrected chi connectivity index (χ2v) is 5.54. The first kappa shape index (κ1) is 16.0. The van der Waals surface area contributed by atoms with Gasteiger partial charge in [-0.3, -0.25) is 9.59 Å². The summed E-state index contributed by atoms with van der Waals surface area (Å²) in [6, 6.07) is -0.461. The Labute approximate surface area is 114 Å². The standard InChI is InChI=1S/C14H25NO4/c1-4-19-14(18)10-6-5-7-11(8-10)15-12(9(2)3)13(16)17/h9-12,15H,4-8H2,1-3H3,(H,16,17). The third kappa shape index (κ3) is 4.82. The largest absolute Gasteiger partial charge is 0.480 e. The van der Waals surface area contributed by atoms with Gasteiger partial charge in [0.2, 0.25) is 0 Å². The fourth-order valence-corrected chi connectivity index (χ4v) is 2.62. The molecule has 1 saturated carbocycles. The molecular formula is C14H25NO4. The Hall–Kier alpha value is -1.10. The van der Waals surface area contributed by atoms with Crippen LogP contribution in [0.15, 0.2) is 0 Å². The van der Waals surface area contributed by atoms with Crippen molar-refractivity contribution >= 4 is 11.9 Å². The molecule has 0 amide bonds. The molecule has 1 aliphatic carbocycles. The summed E-state index contributed by atoms with van der Waals surface area (Å²) in [6.45, 7) is 5.97. The highest BCUT2D eigenvalue weighted by Crippen LogP contribution is 2.26. The Morgan fingerprint density at radius 1 is 1.37 bits per heavy atom. The zero-order valence-electron chi connectivity index (χ0n) is 12.0. The normalized spacial score (nSPS) is 25.1. The van der Waals surface area contributed by atoms with Crippen LogP contribution in [0.5, 0.6) is 0 Å². The Balaban J connectivity index is 2.54.